The molecule has 2 N–H and O–H groups in total. The van der Waals surface area contributed by atoms with Gasteiger partial charge in [0.1, 0.15) is 0 Å². The van der Waals surface area contributed by atoms with Crippen LogP contribution in [0.4, 0.5) is 5.69 Å². The smallest absolute Gasteiger partial charge is 0.305 e. The van der Waals surface area contributed by atoms with Crippen LogP contribution in [0, 0.1) is 17.0 Å². The number of carbonyl (C=O) groups is 4. The number of nitrogens with zero attached hydrogens (tertiary/aromatic N) is 3. The number of nitro benzene ring substituents is 1. The number of non-ortho nitro benzene ring substituents is 1. The van der Waals surface area contributed by atoms with E-state index in [1.165, 1.54) is 34.1 Å². The predicted octanol–water partition coefficient (Wildman–Crippen LogP) is 3.09. The lowest BCUT2D eigenvalue weighted by Gasteiger charge is -2.31. The van der Waals surface area contributed by atoms with E-state index in [1.54, 1.807) is 42.5 Å². The number of nitrogens with one attached hydrogen (secondary N) is 1. The van der Waals surface area contributed by atoms with Crippen molar-refractivity contribution in [2.75, 3.05) is 13.1 Å². The predicted molar refractivity (Wildman–Crippen MR) is 144 cm³/mol. The Morgan fingerprint density at radius 1 is 0.975 bits per heavy atom. The molecule has 11 heteroatoms. The maximum Gasteiger partial charge on any atom is 0.305 e. The van der Waals surface area contributed by atoms with E-state index < -0.39 is 41.3 Å². The van der Waals surface area contributed by atoms with Crippen LogP contribution >= 0.6 is 0 Å². The molecule has 0 spiro atoms. The Balaban J connectivity index is 1.66. The van der Waals surface area contributed by atoms with Crippen LogP contribution in [-0.2, 0) is 20.8 Å². The minimum atomic E-state index is -1.35. The second-order valence-electron chi connectivity index (χ2n) is 9.50. The van der Waals surface area contributed by atoms with Gasteiger partial charge in [0.15, 0.2) is 6.17 Å². The molecule has 2 unspecified atom stereocenters. The molecule has 4 rings (SSSR count). The molecule has 0 aromatic heterocycles. The zero-order valence-corrected chi connectivity index (χ0v) is 21.7. The molecule has 3 aromatic rings. The highest BCUT2D eigenvalue weighted by molar-refractivity contribution is 5.99. The molecular weight excluding hydrogens is 516 g/mol. The Bertz CT molecular complexity index is 1440. The van der Waals surface area contributed by atoms with Gasteiger partial charge >= 0.3 is 5.97 Å². The van der Waals surface area contributed by atoms with E-state index in [4.69, 9.17) is 0 Å². The van der Waals surface area contributed by atoms with Gasteiger partial charge in [0.25, 0.3) is 17.5 Å². The summed E-state index contributed by atoms with van der Waals surface area (Å²) in [5.74, 6) is -2.84. The van der Waals surface area contributed by atoms with Crippen LogP contribution in [0.25, 0.3) is 0 Å². The minimum absolute atomic E-state index is 0.000526. The fourth-order valence-electron chi connectivity index (χ4n) is 4.73. The van der Waals surface area contributed by atoms with Gasteiger partial charge in [-0.2, -0.15) is 0 Å². The molecule has 1 aliphatic heterocycles. The quantitative estimate of drug-likeness (QED) is 0.310. The molecule has 0 saturated carbocycles. The van der Waals surface area contributed by atoms with Crippen LogP contribution in [0.1, 0.15) is 39.5 Å². The van der Waals surface area contributed by atoms with E-state index in [2.05, 4.69) is 5.32 Å². The van der Waals surface area contributed by atoms with Gasteiger partial charge in [-0.25, -0.2) is 0 Å². The molecule has 3 aromatic carbocycles. The molecule has 1 heterocycles. The van der Waals surface area contributed by atoms with Gasteiger partial charge in [-0.05, 0) is 30.2 Å². The first-order chi connectivity index (χ1) is 19.1. The normalized spacial score (nSPS) is 15.4. The number of aliphatic carboxylic acids is 1. The number of rotatable bonds is 9. The van der Waals surface area contributed by atoms with Crippen LogP contribution in [0.3, 0.4) is 0 Å². The number of carbonyl (C=O) groups excluding carboxylic acids is 3. The largest absolute Gasteiger partial charge is 0.481 e. The first-order valence-electron chi connectivity index (χ1n) is 12.6. The van der Waals surface area contributed by atoms with Crippen LogP contribution < -0.4 is 5.32 Å². The molecule has 1 saturated heterocycles. The number of aryl methyl sites for hydroxylation is 1. The Hall–Kier alpha value is -5.06. The van der Waals surface area contributed by atoms with E-state index in [0.29, 0.717) is 5.56 Å². The highest BCUT2D eigenvalue weighted by Crippen LogP contribution is 2.25. The molecule has 0 bridgehead atoms. The summed E-state index contributed by atoms with van der Waals surface area (Å²) < 4.78 is 0. The maximum absolute atomic E-state index is 13.8. The first kappa shape index (κ1) is 28.0. The van der Waals surface area contributed by atoms with Crippen molar-refractivity contribution >= 4 is 29.4 Å². The van der Waals surface area contributed by atoms with Gasteiger partial charge in [0.2, 0.25) is 5.91 Å². The monoisotopic (exact) mass is 544 g/mol. The molecule has 206 valence electrons. The summed E-state index contributed by atoms with van der Waals surface area (Å²) in [7, 11) is 0. The highest BCUT2D eigenvalue weighted by Gasteiger charge is 2.43. The minimum Gasteiger partial charge on any atom is -0.481 e. The van der Waals surface area contributed by atoms with Gasteiger partial charge in [0, 0.05) is 30.8 Å². The standard InChI is InChI=1S/C29H28N4O7/c1-19-7-5-11-22(15-19)29(38)32-14-13-31(25(34)16-20-8-3-2-4-9-20)28(32)27(37)30-24(18-26(35)36)21-10-6-12-23(17-21)33(39)40/h2-12,15,17,24,28H,13-14,16,18H2,1H3,(H,30,37)(H,35,36). The van der Waals surface area contributed by atoms with Gasteiger partial charge in [0.05, 0.1) is 23.8 Å². The third-order valence-corrected chi connectivity index (χ3v) is 6.63. The zero-order valence-electron chi connectivity index (χ0n) is 21.7. The van der Waals surface area contributed by atoms with Crippen molar-refractivity contribution in [1.82, 2.24) is 15.1 Å². The fourth-order valence-corrected chi connectivity index (χ4v) is 4.73. The number of nitro groups is 1. The number of amides is 3. The summed E-state index contributed by atoms with van der Waals surface area (Å²) in [6.45, 7) is 2.02. The summed E-state index contributed by atoms with van der Waals surface area (Å²) >= 11 is 0. The van der Waals surface area contributed by atoms with Crippen molar-refractivity contribution < 1.29 is 29.2 Å². The molecule has 1 aliphatic rings. The van der Waals surface area contributed by atoms with Crippen LogP contribution in [0.5, 0.6) is 0 Å². The third-order valence-electron chi connectivity index (χ3n) is 6.63. The number of benzene rings is 3. The summed E-state index contributed by atoms with van der Waals surface area (Å²) in [6.07, 6.45) is -1.91. The van der Waals surface area contributed by atoms with Crippen LogP contribution in [0.2, 0.25) is 0 Å². The molecule has 11 nitrogen and oxygen atoms in total. The number of hydrogen-bond donors (Lipinski definition) is 2. The Kier molecular flexibility index (Phi) is 8.53. The lowest BCUT2D eigenvalue weighted by Crippen LogP contribution is -2.54. The Morgan fingerprint density at radius 3 is 2.35 bits per heavy atom. The topological polar surface area (TPSA) is 150 Å². The van der Waals surface area contributed by atoms with Gasteiger partial charge in [-0.15, -0.1) is 0 Å². The SMILES string of the molecule is Cc1cccc(C(=O)N2CCN(C(=O)Cc3ccccc3)C2C(=O)NC(CC(=O)O)c2cccc([N+](=O)[O-])c2)c1. The van der Waals surface area contributed by atoms with Gasteiger partial charge in [-0.1, -0.05) is 60.2 Å². The second kappa shape index (κ2) is 12.2. The number of hydrogen-bond acceptors (Lipinski definition) is 6. The lowest BCUT2D eigenvalue weighted by molar-refractivity contribution is -0.384. The summed E-state index contributed by atoms with van der Waals surface area (Å²) in [6, 6.07) is 20.0. The van der Waals surface area contributed by atoms with Crippen LogP contribution in [-0.4, -0.2) is 62.8 Å². The van der Waals surface area contributed by atoms with E-state index in [0.717, 1.165) is 11.1 Å². The van der Waals surface area contributed by atoms with Gasteiger partial charge < -0.3 is 20.2 Å². The van der Waals surface area contributed by atoms with E-state index in [9.17, 15) is 34.4 Å². The van der Waals surface area contributed by atoms with Crippen LogP contribution in [0.15, 0.2) is 78.9 Å². The summed E-state index contributed by atoms with van der Waals surface area (Å²) in [4.78, 5) is 65.6. The Morgan fingerprint density at radius 2 is 1.68 bits per heavy atom. The molecule has 3 amide bonds. The van der Waals surface area contributed by atoms with Crippen molar-refractivity contribution in [3.8, 4) is 0 Å². The molecule has 40 heavy (non-hydrogen) atoms. The average Bonchev–Trinajstić information content (AvgIpc) is 3.38. The van der Waals surface area contributed by atoms with Crippen molar-refractivity contribution in [2.45, 2.75) is 32.0 Å². The average molecular weight is 545 g/mol. The number of carboxylic acid groups (broad SMARTS) is 1. The highest BCUT2D eigenvalue weighted by atomic mass is 16.6. The maximum atomic E-state index is 13.8. The van der Waals surface area contributed by atoms with E-state index in [1.807, 2.05) is 19.1 Å². The third kappa shape index (κ3) is 6.49. The second-order valence-corrected chi connectivity index (χ2v) is 9.50. The molecule has 0 radical (unpaired) electrons. The zero-order chi connectivity index (χ0) is 28.8. The molecule has 0 aliphatic carbocycles. The van der Waals surface area contributed by atoms with E-state index in [-0.39, 0.29) is 36.7 Å². The molecule has 2 atom stereocenters. The van der Waals surface area contributed by atoms with Crippen molar-refractivity contribution in [1.29, 1.82) is 0 Å². The fraction of sp³-hybridized carbons (Fsp3) is 0.241. The van der Waals surface area contributed by atoms with Crippen molar-refractivity contribution in [2.24, 2.45) is 0 Å². The van der Waals surface area contributed by atoms with Gasteiger partial charge in [-0.3, -0.25) is 29.3 Å². The van der Waals surface area contributed by atoms with E-state index >= 15 is 0 Å². The summed E-state index contributed by atoms with van der Waals surface area (Å²) in [5.41, 5.74) is 1.86. The molecular formula is C29H28N4O7. The first-order valence-corrected chi connectivity index (χ1v) is 12.6. The number of carboxylic acids is 1. The Labute approximate surface area is 230 Å². The molecule has 1 fully saturated rings. The van der Waals surface area contributed by atoms with Crippen molar-refractivity contribution in [3.63, 3.8) is 0 Å². The van der Waals surface area contributed by atoms with Crippen molar-refractivity contribution in [3.05, 3.63) is 111 Å². The summed E-state index contributed by atoms with van der Waals surface area (Å²) in [5, 5.41) is 23.4. The lowest BCUT2D eigenvalue weighted by atomic mass is 10.0.